The molecule has 0 aromatic heterocycles. The average Bonchev–Trinajstić information content (AvgIpc) is 2.73. The lowest BCUT2D eigenvalue weighted by Crippen LogP contribution is -2.46. The van der Waals surface area contributed by atoms with Crippen LogP contribution in [0.3, 0.4) is 0 Å². The summed E-state index contributed by atoms with van der Waals surface area (Å²) in [5, 5.41) is 3.11. The summed E-state index contributed by atoms with van der Waals surface area (Å²) in [5.74, 6) is 0.159. The highest BCUT2D eigenvalue weighted by Crippen LogP contribution is 2.15. The van der Waals surface area contributed by atoms with E-state index < -0.39 is 0 Å². The van der Waals surface area contributed by atoms with Crippen LogP contribution >= 0.6 is 0 Å². The van der Waals surface area contributed by atoms with E-state index in [1.54, 1.807) is 0 Å². The van der Waals surface area contributed by atoms with Gasteiger partial charge in [0.1, 0.15) is 0 Å². The molecule has 0 spiro atoms. The van der Waals surface area contributed by atoms with Gasteiger partial charge >= 0.3 is 0 Å². The van der Waals surface area contributed by atoms with Crippen LogP contribution in [0.1, 0.15) is 35.2 Å². The Bertz CT molecular complexity index is 779. The number of carbonyl (C=O) groups excluding carboxylic acids is 2. The number of aryl methyl sites for hydroxylation is 1. The third-order valence-corrected chi connectivity index (χ3v) is 5.30. The summed E-state index contributed by atoms with van der Waals surface area (Å²) >= 11 is 0. The first-order valence-electron chi connectivity index (χ1n) is 9.93. The summed E-state index contributed by atoms with van der Waals surface area (Å²) in [6.07, 6.45) is 2.93. The summed E-state index contributed by atoms with van der Waals surface area (Å²) in [4.78, 5) is 28.8. The van der Waals surface area contributed by atoms with Gasteiger partial charge in [-0.1, -0.05) is 30.3 Å². The van der Waals surface area contributed by atoms with E-state index in [0.29, 0.717) is 25.1 Å². The highest BCUT2D eigenvalue weighted by molar-refractivity contribution is 5.94. The first-order chi connectivity index (χ1) is 13.5. The molecule has 5 nitrogen and oxygen atoms in total. The first kappa shape index (κ1) is 19.9. The van der Waals surface area contributed by atoms with Crippen molar-refractivity contribution in [1.82, 2.24) is 10.2 Å². The second-order valence-corrected chi connectivity index (χ2v) is 7.56. The van der Waals surface area contributed by atoms with Crippen LogP contribution in [-0.2, 0) is 11.2 Å². The van der Waals surface area contributed by atoms with Crippen LogP contribution in [0.25, 0.3) is 0 Å². The number of nitrogens with one attached hydrogen (secondary N) is 1. The molecule has 2 amide bonds. The van der Waals surface area contributed by atoms with Crippen molar-refractivity contribution < 1.29 is 9.59 Å². The maximum atomic E-state index is 12.5. The van der Waals surface area contributed by atoms with Crippen molar-refractivity contribution in [1.29, 1.82) is 0 Å². The minimum absolute atomic E-state index is 0.0424. The quantitative estimate of drug-likeness (QED) is 0.839. The van der Waals surface area contributed by atoms with E-state index in [4.69, 9.17) is 0 Å². The van der Waals surface area contributed by atoms with Gasteiger partial charge < -0.3 is 15.1 Å². The van der Waals surface area contributed by atoms with Gasteiger partial charge in [-0.2, -0.15) is 0 Å². The molecule has 0 unspecified atom stereocenters. The van der Waals surface area contributed by atoms with E-state index in [0.717, 1.165) is 24.9 Å². The molecular formula is C23H29N3O2. The van der Waals surface area contributed by atoms with E-state index in [-0.39, 0.29) is 17.9 Å². The van der Waals surface area contributed by atoms with Crippen LogP contribution in [0.4, 0.5) is 5.69 Å². The van der Waals surface area contributed by atoms with Crippen LogP contribution in [-0.4, -0.2) is 49.9 Å². The number of rotatable bonds is 6. The lowest BCUT2D eigenvalue weighted by atomic mass is 10.0. The number of hydrogen-bond donors (Lipinski definition) is 1. The zero-order valence-electron chi connectivity index (χ0n) is 16.7. The predicted octanol–water partition coefficient (Wildman–Crippen LogP) is 3.11. The zero-order valence-corrected chi connectivity index (χ0v) is 16.7. The van der Waals surface area contributed by atoms with E-state index in [1.807, 2.05) is 66.4 Å². The fraction of sp³-hybridized carbons (Fsp3) is 0.391. The number of piperidine rings is 1. The van der Waals surface area contributed by atoms with Crippen LogP contribution in [0.15, 0.2) is 54.6 Å². The summed E-state index contributed by atoms with van der Waals surface area (Å²) < 4.78 is 0. The Morgan fingerprint density at radius 3 is 2.25 bits per heavy atom. The van der Waals surface area contributed by atoms with Crippen molar-refractivity contribution in [2.24, 2.45) is 0 Å². The van der Waals surface area contributed by atoms with Gasteiger partial charge in [0, 0.05) is 50.9 Å². The summed E-state index contributed by atoms with van der Waals surface area (Å²) in [7, 11) is 3.95. The van der Waals surface area contributed by atoms with E-state index in [2.05, 4.69) is 17.4 Å². The molecule has 3 rings (SSSR count). The van der Waals surface area contributed by atoms with Crippen molar-refractivity contribution in [2.75, 3.05) is 32.1 Å². The lowest BCUT2D eigenvalue weighted by Gasteiger charge is -2.32. The Morgan fingerprint density at radius 2 is 1.64 bits per heavy atom. The molecule has 2 aromatic rings. The van der Waals surface area contributed by atoms with Crippen molar-refractivity contribution >= 4 is 17.5 Å². The van der Waals surface area contributed by atoms with Gasteiger partial charge in [-0.05, 0) is 49.1 Å². The molecule has 1 saturated heterocycles. The average molecular weight is 380 g/mol. The van der Waals surface area contributed by atoms with E-state index in [1.165, 1.54) is 5.56 Å². The van der Waals surface area contributed by atoms with Crippen molar-refractivity contribution in [3.8, 4) is 0 Å². The molecule has 2 aromatic carbocycles. The van der Waals surface area contributed by atoms with Gasteiger partial charge in [0.15, 0.2) is 0 Å². The minimum Gasteiger partial charge on any atom is -0.378 e. The summed E-state index contributed by atoms with van der Waals surface area (Å²) in [5.41, 5.74) is 2.93. The van der Waals surface area contributed by atoms with Crippen LogP contribution in [0.2, 0.25) is 0 Å². The third-order valence-electron chi connectivity index (χ3n) is 5.30. The number of benzene rings is 2. The van der Waals surface area contributed by atoms with Crippen LogP contribution < -0.4 is 10.2 Å². The number of anilines is 1. The lowest BCUT2D eigenvalue weighted by molar-refractivity contribution is -0.132. The number of amides is 2. The molecule has 148 valence electrons. The molecule has 0 bridgehead atoms. The minimum atomic E-state index is -0.0424. The molecule has 0 aliphatic carbocycles. The third kappa shape index (κ3) is 5.35. The van der Waals surface area contributed by atoms with Gasteiger partial charge in [-0.15, -0.1) is 0 Å². The maximum Gasteiger partial charge on any atom is 0.251 e. The topological polar surface area (TPSA) is 52.7 Å². The molecule has 1 N–H and O–H groups in total. The van der Waals surface area contributed by atoms with Crippen molar-refractivity contribution in [3.63, 3.8) is 0 Å². The Balaban J connectivity index is 1.43. The van der Waals surface area contributed by atoms with Crippen molar-refractivity contribution in [2.45, 2.75) is 31.7 Å². The van der Waals surface area contributed by atoms with Gasteiger partial charge in [0.2, 0.25) is 5.91 Å². The second kappa shape index (κ2) is 9.40. The number of nitrogens with zero attached hydrogens (tertiary/aromatic N) is 2. The Kier molecular flexibility index (Phi) is 6.69. The molecule has 5 heteroatoms. The number of carbonyl (C=O) groups is 2. The largest absolute Gasteiger partial charge is 0.378 e. The number of likely N-dealkylation sites (tertiary alicyclic amines) is 1. The SMILES string of the molecule is CN(C)c1ccc(C(=O)NC2CCN(C(=O)CCc3ccccc3)CC2)cc1. The molecule has 1 fully saturated rings. The summed E-state index contributed by atoms with van der Waals surface area (Å²) in [6.45, 7) is 1.41. The highest BCUT2D eigenvalue weighted by atomic mass is 16.2. The normalized spacial score (nSPS) is 14.6. The van der Waals surface area contributed by atoms with Gasteiger partial charge in [-0.3, -0.25) is 9.59 Å². The fourth-order valence-corrected chi connectivity index (χ4v) is 3.51. The molecule has 1 aliphatic heterocycles. The summed E-state index contributed by atoms with van der Waals surface area (Å²) in [6, 6.07) is 17.8. The molecule has 28 heavy (non-hydrogen) atoms. The molecule has 0 atom stereocenters. The van der Waals surface area contributed by atoms with Gasteiger partial charge in [-0.25, -0.2) is 0 Å². The zero-order chi connectivity index (χ0) is 19.9. The molecule has 0 radical (unpaired) electrons. The predicted molar refractivity (Wildman–Crippen MR) is 113 cm³/mol. The smallest absolute Gasteiger partial charge is 0.251 e. The monoisotopic (exact) mass is 379 g/mol. The highest BCUT2D eigenvalue weighted by Gasteiger charge is 2.24. The van der Waals surface area contributed by atoms with Crippen LogP contribution in [0, 0.1) is 0 Å². The molecule has 1 aliphatic rings. The molecule has 1 heterocycles. The second-order valence-electron chi connectivity index (χ2n) is 7.56. The first-order valence-corrected chi connectivity index (χ1v) is 9.93. The Hall–Kier alpha value is -2.82. The molecular weight excluding hydrogens is 350 g/mol. The van der Waals surface area contributed by atoms with E-state index in [9.17, 15) is 9.59 Å². The Morgan fingerprint density at radius 1 is 1.00 bits per heavy atom. The molecule has 0 saturated carbocycles. The fourth-order valence-electron chi connectivity index (χ4n) is 3.51. The van der Waals surface area contributed by atoms with Gasteiger partial charge in [0.25, 0.3) is 5.91 Å². The van der Waals surface area contributed by atoms with Crippen molar-refractivity contribution in [3.05, 3.63) is 65.7 Å². The standard InChI is InChI=1S/C23H29N3O2/c1-25(2)21-11-9-19(10-12-21)23(28)24-20-14-16-26(17-15-20)22(27)13-8-18-6-4-3-5-7-18/h3-7,9-12,20H,8,13-17H2,1-2H3,(H,24,28). The van der Waals surface area contributed by atoms with Crippen LogP contribution in [0.5, 0.6) is 0 Å². The van der Waals surface area contributed by atoms with Gasteiger partial charge in [0.05, 0.1) is 0 Å². The van der Waals surface area contributed by atoms with E-state index >= 15 is 0 Å². The Labute approximate surface area is 167 Å². The number of hydrogen-bond acceptors (Lipinski definition) is 3. The maximum absolute atomic E-state index is 12.5.